The molecular weight excluding hydrogens is 238 g/mol. The van der Waals surface area contributed by atoms with Gasteiger partial charge in [0, 0.05) is 18.9 Å². The predicted molar refractivity (Wildman–Crippen MR) is 71.2 cm³/mol. The molecule has 0 radical (unpaired) electrons. The second-order valence-corrected chi connectivity index (χ2v) is 3.84. The molecule has 0 aliphatic rings. The molecule has 0 aliphatic heterocycles. The Labute approximate surface area is 105 Å². The molecular formula is C12H14ClN3O. The maximum Gasteiger partial charge on any atom is 0.218 e. The lowest BCUT2D eigenvalue weighted by molar-refractivity contribution is -0.106. The number of anilines is 1. The molecule has 0 atom stereocenters. The lowest BCUT2D eigenvalue weighted by Gasteiger charge is -2.13. The maximum absolute atomic E-state index is 11.0. The van der Waals surface area contributed by atoms with Crippen molar-refractivity contribution in [3.63, 3.8) is 0 Å². The first-order valence-corrected chi connectivity index (χ1v) is 5.36. The minimum absolute atomic E-state index is 0.186. The van der Waals surface area contributed by atoms with Crippen molar-refractivity contribution in [3.05, 3.63) is 41.1 Å². The Bertz CT molecular complexity index is 469. The average molecular weight is 252 g/mol. The van der Waals surface area contributed by atoms with Crippen LogP contribution in [0, 0.1) is 6.92 Å². The Morgan fingerprint density at radius 2 is 2.24 bits per heavy atom. The van der Waals surface area contributed by atoms with Crippen LogP contribution in [0.15, 0.2) is 40.5 Å². The highest BCUT2D eigenvalue weighted by Gasteiger charge is 2.05. The minimum atomic E-state index is 0.186. The third kappa shape index (κ3) is 3.60. The summed E-state index contributed by atoms with van der Waals surface area (Å²) >= 11 is 5.90. The van der Waals surface area contributed by atoms with Crippen molar-refractivity contribution in [3.8, 4) is 0 Å². The van der Waals surface area contributed by atoms with Crippen molar-refractivity contribution in [1.82, 2.24) is 0 Å². The van der Waals surface area contributed by atoms with Gasteiger partial charge in [-0.25, -0.2) is 0 Å². The van der Waals surface area contributed by atoms with Gasteiger partial charge in [0.15, 0.2) is 0 Å². The fourth-order valence-corrected chi connectivity index (χ4v) is 1.44. The number of hydrogen-bond donors (Lipinski definition) is 1. The maximum atomic E-state index is 11.0. The van der Waals surface area contributed by atoms with Crippen LogP contribution in [0.1, 0.15) is 5.56 Å². The molecule has 5 heteroatoms. The van der Waals surface area contributed by atoms with Crippen molar-refractivity contribution in [2.45, 2.75) is 6.92 Å². The molecule has 0 fully saturated rings. The molecule has 1 amide bonds. The summed E-state index contributed by atoms with van der Waals surface area (Å²) < 4.78 is 0. The standard InChI is InChI=1S/C12H14ClN3O/c1-9-4-3-5-10(6-9)16(8-17)7-11(13)12(14)15-2/h3-8H,1-2H3,(H2,14,15)/b11-7+. The van der Waals surface area contributed by atoms with E-state index in [9.17, 15) is 4.79 Å². The first-order valence-electron chi connectivity index (χ1n) is 4.98. The van der Waals surface area contributed by atoms with Crippen LogP contribution in [-0.2, 0) is 4.79 Å². The molecule has 0 aliphatic carbocycles. The van der Waals surface area contributed by atoms with Crippen molar-refractivity contribution in [2.75, 3.05) is 11.9 Å². The molecule has 0 saturated carbocycles. The van der Waals surface area contributed by atoms with Crippen LogP contribution in [0.25, 0.3) is 0 Å². The minimum Gasteiger partial charge on any atom is -0.383 e. The number of amides is 1. The van der Waals surface area contributed by atoms with Gasteiger partial charge in [0.2, 0.25) is 6.41 Å². The van der Waals surface area contributed by atoms with E-state index >= 15 is 0 Å². The molecule has 17 heavy (non-hydrogen) atoms. The summed E-state index contributed by atoms with van der Waals surface area (Å²) in [6.07, 6.45) is 2.10. The summed E-state index contributed by atoms with van der Waals surface area (Å²) in [6.45, 7) is 1.94. The SMILES string of the molecule is C/N=C(N)\C(Cl)=C/N(C=O)c1cccc(C)c1. The number of nitrogens with two attached hydrogens (primary N) is 1. The van der Waals surface area contributed by atoms with Crippen molar-refractivity contribution >= 4 is 29.5 Å². The van der Waals surface area contributed by atoms with E-state index in [1.807, 2.05) is 25.1 Å². The zero-order valence-corrected chi connectivity index (χ0v) is 10.5. The number of halogens is 1. The van der Waals surface area contributed by atoms with Gasteiger partial charge in [-0.1, -0.05) is 23.7 Å². The largest absolute Gasteiger partial charge is 0.383 e. The van der Waals surface area contributed by atoms with Gasteiger partial charge < -0.3 is 5.73 Å². The predicted octanol–water partition coefficient (Wildman–Crippen LogP) is 2.03. The van der Waals surface area contributed by atoms with Gasteiger partial charge in [0.1, 0.15) is 5.84 Å². The van der Waals surface area contributed by atoms with Crippen LogP contribution in [0.4, 0.5) is 5.69 Å². The number of hydrogen-bond acceptors (Lipinski definition) is 2. The van der Waals surface area contributed by atoms with E-state index in [2.05, 4.69) is 4.99 Å². The second kappa shape index (κ2) is 6.06. The Hall–Kier alpha value is -1.81. The zero-order chi connectivity index (χ0) is 12.8. The van der Waals surface area contributed by atoms with E-state index in [1.165, 1.54) is 18.1 Å². The summed E-state index contributed by atoms with van der Waals surface area (Å²) in [7, 11) is 1.53. The Morgan fingerprint density at radius 3 is 2.76 bits per heavy atom. The highest BCUT2D eigenvalue weighted by molar-refractivity contribution is 6.43. The molecule has 0 heterocycles. The number of aryl methyl sites for hydroxylation is 1. The number of aliphatic imine (C=N–C) groups is 1. The Balaban J connectivity index is 3.05. The third-order valence-electron chi connectivity index (χ3n) is 2.15. The van der Waals surface area contributed by atoms with Gasteiger partial charge in [-0.2, -0.15) is 0 Å². The number of carbonyl (C=O) groups excluding carboxylic acids is 1. The number of amidine groups is 1. The molecule has 4 nitrogen and oxygen atoms in total. The van der Waals surface area contributed by atoms with Gasteiger partial charge in [-0.15, -0.1) is 0 Å². The summed E-state index contributed by atoms with van der Waals surface area (Å²) in [6, 6.07) is 7.48. The van der Waals surface area contributed by atoms with E-state index < -0.39 is 0 Å². The van der Waals surface area contributed by atoms with Gasteiger partial charge >= 0.3 is 0 Å². The molecule has 0 saturated heterocycles. The lowest BCUT2D eigenvalue weighted by atomic mass is 10.2. The summed E-state index contributed by atoms with van der Waals surface area (Å²) in [5, 5.41) is 0.223. The van der Waals surface area contributed by atoms with Crippen LogP contribution >= 0.6 is 11.6 Å². The fourth-order valence-electron chi connectivity index (χ4n) is 1.25. The van der Waals surface area contributed by atoms with Gasteiger partial charge in [-0.05, 0) is 24.6 Å². The van der Waals surface area contributed by atoms with E-state index in [4.69, 9.17) is 17.3 Å². The fraction of sp³-hybridized carbons (Fsp3) is 0.167. The summed E-state index contributed by atoms with van der Waals surface area (Å²) in [5.74, 6) is 0.186. The van der Waals surface area contributed by atoms with Crippen molar-refractivity contribution in [2.24, 2.45) is 10.7 Å². The number of nitrogens with zero attached hydrogens (tertiary/aromatic N) is 2. The normalized spacial score (nSPS) is 12.4. The van der Waals surface area contributed by atoms with E-state index in [1.54, 1.807) is 6.07 Å². The van der Waals surface area contributed by atoms with Gasteiger partial charge in [0.05, 0.1) is 5.03 Å². The average Bonchev–Trinajstić information content (AvgIpc) is 2.34. The first kappa shape index (κ1) is 13.3. The molecule has 0 spiro atoms. The monoisotopic (exact) mass is 251 g/mol. The molecule has 90 valence electrons. The third-order valence-corrected chi connectivity index (χ3v) is 2.44. The van der Waals surface area contributed by atoms with E-state index in [0.717, 1.165) is 11.3 Å². The molecule has 2 N–H and O–H groups in total. The highest BCUT2D eigenvalue weighted by Crippen LogP contribution is 2.16. The van der Waals surface area contributed by atoms with Crippen LogP contribution in [-0.4, -0.2) is 19.3 Å². The molecule has 0 aromatic heterocycles. The van der Waals surface area contributed by atoms with Crippen molar-refractivity contribution < 1.29 is 4.79 Å². The molecule has 1 rings (SSSR count). The summed E-state index contributed by atoms with van der Waals surface area (Å²) in [4.78, 5) is 16.1. The summed E-state index contributed by atoms with van der Waals surface area (Å²) in [5.41, 5.74) is 7.31. The van der Waals surface area contributed by atoms with Gasteiger partial charge in [0.25, 0.3) is 0 Å². The van der Waals surface area contributed by atoms with E-state index in [-0.39, 0.29) is 10.9 Å². The van der Waals surface area contributed by atoms with Crippen LogP contribution in [0.3, 0.4) is 0 Å². The second-order valence-electron chi connectivity index (χ2n) is 3.44. The number of carbonyl (C=O) groups is 1. The van der Waals surface area contributed by atoms with Crippen LogP contribution < -0.4 is 10.6 Å². The topological polar surface area (TPSA) is 58.7 Å². The zero-order valence-electron chi connectivity index (χ0n) is 9.72. The molecule has 1 aromatic carbocycles. The Morgan fingerprint density at radius 1 is 1.53 bits per heavy atom. The quantitative estimate of drug-likeness (QED) is 0.506. The molecule has 1 aromatic rings. The van der Waals surface area contributed by atoms with Crippen molar-refractivity contribution in [1.29, 1.82) is 0 Å². The highest BCUT2D eigenvalue weighted by atomic mass is 35.5. The molecule has 0 unspecified atom stereocenters. The smallest absolute Gasteiger partial charge is 0.218 e. The Kier molecular flexibility index (Phi) is 4.72. The first-order chi connectivity index (χ1) is 8.08. The molecule has 0 bridgehead atoms. The van der Waals surface area contributed by atoms with Gasteiger partial charge in [-0.3, -0.25) is 14.7 Å². The number of benzene rings is 1. The van der Waals surface area contributed by atoms with Crippen LogP contribution in [0.5, 0.6) is 0 Å². The van der Waals surface area contributed by atoms with Crippen LogP contribution in [0.2, 0.25) is 0 Å². The van der Waals surface area contributed by atoms with E-state index in [0.29, 0.717) is 6.41 Å². The lowest BCUT2D eigenvalue weighted by Crippen LogP contribution is -2.18. The number of rotatable bonds is 4.